The summed E-state index contributed by atoms with van der Waals surface area (Å²) >= 11 is 0. The third-order valence-corrected chi connectivity index (χ3v) is 6.28. The van der Waals surface area contributed by atoms with Gasteiger partial charge in [0.25, 0.3) is 0 Å². The van der Waals surface area contributed by atoms with Crippen molar-refractivity contribution in [1.82, 2.24) is 10.2 Å². The van der Waals surface area contributed by atoms with Crippen molar-refractivity contribution in [2.75, 3.05) is 0 Å². The highest BCUT2D eigenvalue weighted by Gasteiger charge is 2.57. The third kappa shape index (κ3) is 4.20. The number of nitrogens with zero attached hydrogens (tertiary/aromatic N) is 1. The number of aliphatic carboxylic acids is 1. The van der Waals surface area contributed by atoms with Gasteiger partial charge < -0.3 is 25.5 Å². The standard InChI is InChI=1S/C20H27N3O5Si/c1-11(28-29(2,3)4)16-15-9-14(17(19(25)26)23(15)18(16)24)13-7-5-6-12(8-13)10-22-20(21)27/h5-8,11,15-16H,9-10H2,1-4H3,(H,25,26)(H3,21,22,27)/t11-,15-,16-/m1/s1. The molecule has 2 heterocycles. The first-order chi connectivity index (χ1) is 13.5. The van der Waals surface area contributed by atoms with Crippen molar-refractivity contribution in [2.45, 2.75) is 51.7 Å². The lowest BCUT2D eigenvalue weighted by Crippen LogP contribution is -2.63. The number of β-lactam (4-membered cyclic amide) rings is 1. The van der Waals surface area contributed by atoms with E-state index in [1.54, 1.807) is 6.07 Å². The van der Waals surface area contributed by atoms with E-state index in [1.807, 2.05) is 25.1 Å². The monoisotopic (exact) mass is 417 g/mol. The third-order valence-electron chi connectivity index (χ3n) is 5.20. The van der Waals surface area contributed by atoms with E-state index in [0.29, 0.717) is 12.0 Å². The topological polar surface area (TPSA) is 122 Å². The summed E-state index contributed by atoms with van der Waals surface area (Å²) in [5.41, 5.74) is 7.31. The number of nitrogens with two attached hydrogens (primary N) is 1. The minimum absolute atomic E-state index is 0.0384. The van der Waals surface area contributed by atoms with E-state index in [9.17, 15) is 19.5 Å². The lowest BCUT2D eigenvalue weighted by Gasteiger charge is -2.47. The maximum Gasteiger partial charge on any atom is 0.352 e. The number of nitrogens with one attached hydrogen (secondary N) is 1. The Hall–Kier alpha value is -2.65. The van der Waals surface area contributed by atoms with E-state index >= 15 is 0 Å². The smallest absolute Gasteiger partial charge is 0.352 e. The number of amides is 3. The van der Waals surface area contributed by atoms with Crippen molar-refractivity contribution in [3.8, 4) is 0 Å². The molecule has 29 heavy (non-hydrogen) atoms. The predicted octanol–water partition coefficient (Wildman–Crippen LogP) is 2.12. The summed E-state index contributed by atoms with van der Waals surface area (Å²) < 4.78 is 6.10. The minimum atomic E-state index is -1.83. The minimum Gasteiger partial charge on any atom is -0.477 e. The van der Waals surface area contributed by atoms with Crippen molar-refractivity contribution >= 4 is 31.8 Å². The number of carboxylic acids is 1. The number of benzene rings is 1. The van der Waals surface area contributed by atoms with Crippen LogP contribution >= 0.6 is 0 Å². The first kappa shape index (κ1) is 21.1. The van der Waals surface area contributed by atoms with Crippen molar-refractivity contribution in [3.05, 3.63) is 41.1 Å². The lowest BCUT2D eigenvalue weighted by atomic mass is 9.82. The van der Waals surface area contributed by atoms with Crippen LogP contribution in [0.1, 0.15) is 24.5 Å². The van der Waals surface area contributed by atoms with E-state index in [0.717, 1.165) is 11.1 Å². The first-order valence-electron chi connectivity index (χ1n) is 9.59. The number of urea groups is 1. The molecule has 1 saturated heterocycles. The van der Waals surface area contributed by atoms with Crippen LogP contribution in [-0.4, -0.2) is 48.4 Å². The van der Waals surface area contributed by atoms with Crippen LogP contribution < -0.4 is 11.1 Å². The Balaban J connectivity index is 1.87. The summed E-state index contributed by atoms with van der Waals surface area (Å²) in [5.74, 6) is -1.65. The van der Waals surface area contributed by atoms with Crippen LogP contribution in [0.4, 0.5) is 4.79 Å². The molecule has 0 spiro atoms. The average molecular weight is 418 g/mol. The highest BCUT2D eigenvalue weighted by molar-refractivity contribution is 6.69. The van der Waals surface area contributed by atoms with E-state index < -0.39 is 20.3 Å². The molecule has 1 aromatic rings. The van der Waals surface area contributed by atoms with Gasteiger partial charge in [0.1, 0.15) is 5.70 Å². The number of hydrogen-bond acceptors (Lipinski definition) is 4. The Morgan fingerprint density at radius 3 is 2.66 bits per heavy atom. The molecular formula is C20H27N3O5Si. The second-order valence-electron chi connectivity index (χ2n) is 8.49. The van der Waals surface area contributed by atoms with Crippen LogP contribution in [0.15, 0.2) is 30.0 Å². The second-order valence-corrected chi connectivity index (χ2v) is 13.0. The van der Waals surface area contributed by atoms with Gasteiger partial charge in [-0.25, -0.2) is 9.59 Å². The molecule has 0 aliphatic carbocycles. The second kappa shape index (κ2) is 7.64. The summed E-state index contributed by atoms with van der Waals surface area (Å²) in [6, 6.07) is 6.42. The van der Waals surface area contributed by atoms with Gasteiger partial charge in [-0.15, -0.1) is 0 Å². The molecule has 1 aromatic carbocycles. The lowest BCUT2D eigenvalue weighted by molar-refractivity contribution is -0.160. The van der Waals surface area contributed by atoms with E-state index in [-0.39, 0.29) is 36.2 Å². The van der Waals surface area contributed by atoms with Gasteiger partial charge in [0.15, 0.2) is 8.32 Å². The number of hydrogen-bond donors (Lipinski definition) is 3. The number of carbonyl (C=O) groups is 3. The fraction of sp³-hybridized carbons (Fsp3) is 0.450. The summed E-state index contributed by atoms with van der Waals surface area (Å²) in [6.45, 7) is 8.34. The first-order valence-corrected chi connectivity index (χ1v) is 13.0. The average Bonchev–Trinajstić information content (AvgIpc) is 2.94. The summed E-state index contributed by atoms with van der Waals surface area (Å²) in [7, 11) is -1.83. The number of carbonyl (C=O) groups excluding carboxylic acids is 2. The number of rotatable bonds is 7. The quantitative estimate of drug-likeness (QED) is 0.463. The highest BCUT2D eigenvalue weighted by atomic mass is 28.4. The molecule has 3 atom stereocenters. The molecule has 3 rings (SSSR count). The zero-order valence-electron chi connectivity index (χ0n) is 17.1. The van der Waals surface area contributed by atoms with Crippen LogP contribution in [0.3, 0.4) is 0 Å². The number of primary amides is 1. The molecule has 156 valence electrons. The van der Waals surface area contributed by atoms with Gasteiger partial charge >= 0.3 is 12.0 Å². The van der Waals surface area contributed by atoms with Gasteiger partial charge in [-0.1, -0.05) is 18.2 Å². The molecule has 0 aromatic heterocycles. The fourth-order valence-corrected chi connectivity index (χ4v) is 5.46. The summed E-state index contributed by atoms with van der Waals surface area (Å²) in [6.07, 6.45) is 0.209. The van der Waals surface area contributed by atoms with Gasteiger partial charge in [-0.05, 0) is 55.8 Å². The number of fused-ring (bicyclic) bond motifs is 1. The van der Waals surface area contributed by atoms with Crippen LogP contribution in [0.5, 0.6) is 0 Å². The van der Waals surface area contributed by atoms with Crippen molar-refractivity contribution in [2.24, 2.45) is 11.7 Å². The number of carboxylic acid groups (broad SMARTS) is 1. The summed E-state index contributed by atoms with van der Waals surface area (Å²) in [4.78, 5) is 37.1. The molecule has 1 fully saturated rings. The van der Waals surface area contributed by atoms with Gasteiger partial charge in [0.2, 0.25) is 5.91 Å². The zero-order chi connectivity index (χ0) is 21.5. The Morgan fingerprint density at radius 1 is 1.38 bits per heavy atom. The molecule has 4 N–H and O–H groups in total. The molecule has 2 aliphatic heterocycles. The van der Waals surface area contributed by atoms with Crippen LogP contribution in [0, 0.1) is 5.92 Å². The van der Waals surface area contributed by atoms with Gasteiger partial charge in [-0.2, -0.15) is 0 Å². The molecular weight excluding hydrogens is 390 g/mol. The normalized spacial score (nSPS) is 22.2. The molecule has 0 radical (unpaired) electrons. The maximum absolute atomic E-state index is 12.8. The van der Waals surface area contributed by atoms with Crippen LogP contribution in [-0.2, 0) is 20.6 Å². The van der Waals surface area contributed by atoms with E-state index in [1.165, 1.54) is 4.90 Å². The zero-order valence-corrected chi connectivity index (χ0v) is 18.1. The molecule has 0 saturated carbocycles. The van der Waals surface area contributed by atoms with Crippen LogP contribution in [0.25, 0.3) is 5.57 Å². The Bertz CT molecular complexity index is 892. The van der Waals surface area contributed by atoms with Gasteiger partial charge in [0.05, 0.1) is 18.1 Å². The molecule has 2 aliphatic rings. The SMILES string of the molecule is C[C@@H](O[Si](C)(C)C)[C@H]1C(=O)N2C(C(=O)O)=C(c3cccc(CNC(N)=O)c3)C[C@H]12. The Morgan fingerprint density at radius 2 is 2.07 bits per heavy atom. The van der Waals surface area contributed by atoms with Crippen molar-refractivity contribution in [3.63, 3.8) is 0 Å². The van der Waals surface area contributed by atoms with E-state index in [4.69, 9.17) is 10.2 Å². The van der Waals surface area contributed by atoms with Gasteiger partial charge in [0, 0.05) is 6.54 Å². The molecule has 3 amide bonds. The summed E-state index contributed by atoms with van der Waals surface area (Å²) in [5, 5.41) is 12.3. The Kier molecular flexibility index (Phi) is 5.55. The highest BCUT2D eigenvalue weighted by Crippen LogP contribution is 2.47. The van der Waals surface area contributed by atoms with Crippen LogP contribution in [0.2, 0.25) is 19.6 Å². The maximum atomic E-state index is 12.8. The van der Waals surface area contributed by atoms with Gasteiger partial charge in [-0.3, -0.25) is 4.79 Å². The Labute approximate surface area is 170 Å². The molecule has 8 nitrogen and oxygen atoms in total. The molecule has 9 heteroatoms. The largest absolute Gasteiger partial charge is 0.477 e. The predicted molar refractivity (Wildman–Crippen MR) is 110 cm³/mol. The fourth-order valence-electron chi connectivity index (χ4n) is 4.20. The molecule has 0 unspecified atom stereocenters. The molecule has 0 bridgehead atoms. The van der Waals surface area contributed by atoms with Crippen molar-refractivity contribution < 1.29 is 23.9 Å². The van der Waals surface area contributed by atoms with Crippen molar-refractivity contribution in [1.29, 1.82) is 0 Å². The van der Waals surface area contributed by atoms with E-state index in [2.05, 4.69) is 25.0 Å².